The minimum atomic E-state index is -0.766. The maximum Gasteiger partial charge on any atom is 0.323 e. The number of hydrogen-bond donors (Lipinski definition) is 1. The number of aromatic nitrogens is 1. The van der Waals surface area contributed by atoms with Gasteiger partial charge in [0.2, 0.25) is 0 Å². The second-order valence-electron chi connectivity index (χ2n) is 4.75. The van der Waals surface area contributed by atoms with Crippen LogP contribution in [-0.2, 0) is 19.1 Å². The number of hydrogen-bond acceptors (Lipinski definition) is 8. The molecular formula is C15H20N2O5S. The van der Waals surface area contributed by atoms with E-state index in [0.717, 1.165) is 0 Å². The lowest BCUT2D eigenvalue weighted by Gasteiger charge is -2.15. The Morgan fingerprint density at radius 2 is 2.00 bits per heavy atom. The van der Waals surface area contributed by atoms with Crippen molar-refractivity contribution in [3.05, 3.63) is 30.1 Å². The monoisotopic (exact) mass is 340 g/mol. The lowest BCUT2D eigenvalue weighted by Crippen LogP contribution is -2.34. The van der Waals surface area contributed by atoms with Crippen LogP contribution in [-0.4, -0.2) is 54.5 Å². The van der Waals surface area contributed by atoms with E-state index in [0.29, 0.717) is 17.1 Å². The van der Waals surface area contributed by atoms with Gasteiger partial charge in [0.05, 0.1) is 20.6 Å². The minimum absolute atomic E-state index is 0.0370. The van der Waals surface area contributed by atoms with Crippen molar-refractivity contribution >= 4 is 29.5 Å². The number of carbonyl (C=O) groups is 3. The van der Waals surface area contributed by atoms with E-state index in [4.69, 9.17) is 5.73 Å². The highest BCUT2D eigenvalue weighted by Gasteiger charge is 2.25. The highest BCUT2D eigenvalue weighted by atomic mass is 32.2. The number of pyridine rings is 1. The van der Waals surface area contributed by atoms with Gasteiger partial charge < -0.3 is 15.2 Å². The van der Waals surface area contributed by atoms with Crippen LogP contribution in [0.4, 0.5) is 0 Å². The van der Waals surface area contributed by atoms with E-state index in [2.05, 4.69) is 14.5 Å². The van der Waals surface area contributed by atoms with Gasteiger partial charge >= 0.3 is 11.9 Å². The molecule has 23 heavy (non-hydrogen) atoms. The smallest absolute Gasteiger partial charge is 0.323 e. The molecule has 0 radical (unpaired) electrons. The van der Waals surface area contributed by atoms with Crippen LogP contribution in [0.2, 0.25) is 0 Å². The van der Waals surface area contributed by atoms with Gasteiger partial charge in [0.1, 0.15) is 6.04 Å². The maximum atomic E-state index is 12.5. The first-order valence-electron chi connectivity index (χ1n) is 6.91. The first kappa shape index (κ1) is 19.1. The summed E-state index contributed by atoms with van der Waals surface area (Å²) in [5, 5.41) is 0. The second kappa shape index (κ2) is 9.96. The maximum absolute atomic E-state index is 12.5. The van der Waals surface area contributed by atoms with Gasteiger partial charge in [0, 0.05) is 35.4 Å². The van der Waals surface area contributed by atoms with Crippen LogP contribution in [0.5, 0.6) is 0 Å². The molecule has 1 aromatic heterocycles. The lowest BCUT2D eigenvalue weighted by molar-refractivity contribution is -0.142. The van der Waals surface area contributed by atoms with Crippen LogP contribution in [0.25, 0.3) is 0 Å². The van der Waals surface area contributed by atoms with Crippen molar-refractivity contribution in [3.63, 3.8) is 0 Å². The third-order valence-corrected chi connectivity index (χ3v) is 4.31. The number of Topliss-reactive ketones (excluding diaryl/α,β-unsaturated/α-hetero) is 1. The van der Waals surface area contributed by atoms with E-state index in [1.165, 1.54) is 32.2 Å². The largest absolute Gasteiger partial charge is 0.469 e. The number of methoxy groups -OCH3 is 2. The van der Waals surface area contributed by atoms with Crippen LogP contribution in [0, 0.1) is 5.92 Å². The molecule has 0 aliphatic carbocycles. The van der Waals surface area contributed by atoms with Crippen molar-refractivity contribution in [3.8, 4) is 0 Å². The van der Waals surface area contributed by atoms with Gasteiger partial charge in [-0.1, -0.05) is 0 Å². The minimum Gasteiger partial charge on any atom is -0.469 e. The van der Waals surface area contributed by atoms with Gasteiger partial charge in [0.25, 0.3) is 0 Å². The highest BCUT2D eigenvalue weighted by molar-refractivity contribution is 7.99. The van der Waals surface area contributed by atoms with Crippen LogP contribution in [0.15, 0.2) is 24.5 Å². The van der Waals surface area contributed by atoms with Crippen LogP contribution < -0.4 is 5.73 Å². The molecule has 0 amide bonds. The van der Waals surface area contributed by atoms with E-state index in [1.54, 1.807) is 18.3 Å². The first-order valence-corrected chi connectivity index (χ1v) is 8.07. The van der Waals surface area contributed by atoms with Gasteiger partial charge in [-0.15, -0.1) is 0 Å². The Balaban J connectivity index is 2.67. The molecule has 0 saturated heterocycles. The molecule has 0 aromatic carbocycles. The van der Waals surface area contributed by atoms with E-state index in [-0.39, 0.29) is 12.2 Å². The second-order valence-corrected chi connectivity index (χ2v) is 5.83. The number of ether oxygens (including phenoxy) is 2. The summed E-state index contributed by atoms with van der Waals surface area (Å²) < 4.78 is 9.18. The Bertz CT molecular complexity index is 538. The number of nitrogens with two attached hydrogens (primary N) is 1. The molecule has 1 heterocycles. The molecule has 1 unspecified atom stereocenters. The summed E-state index contributed by atoms with van der Waals surface area (Å²) >= 11 is 1.31. The zero-order chi connectivity index (χ0) is 17.2. The molecule has 0 spiro atoms. The van der Waals surface area contributed by atoms with Crippen molar-refractivity contribution in [1.29, 1.82) is 0 Å². The topological polar surface area (TPSA) is 109 Å². The number of nitrogens with zero attached hydrogens (tertiary/aromatic N) is 1. The quantitative estimate of drug-likeness (QED) is 0.516. The van der Waals surface area contributed by atoms with Crippen molar-refractivity contribution in [2.45, 2.75) is 12.5 Å². The molecule has 1 rings (SSSR count). The van der Waals surface area contributed by atoms with E-state index in [1.807, 2.05) is 0 Å². The Hall–Kier alpha value is -1.93. The molecule has 8 heteroatoms. The van der Waals surface area contributed by atoms with Crippen LogP contribution in [0.1, 0.15) is 16.8 Å². The normalized spacial score (nSPS) is 13.0. The molecule has 2 atom stereocenters. The third-order valence-electron chi connectivity index (χ3n) is 3.08. The predicted octanol–water partition coefficient (Wildman–Crippen LogP) is 0.677. The van der Waals surface area contributed by atoms with E-state index >= 15 is 0 Å². The first-order chi connectivity index (χ1) is 11.0. The molecule has 2 N–H and O–H groups in total. The number of esters is 2. The highest BCUT2D eigenvalue weighted by Crippen LogP contribution is 2.19. The van der Waals surface area contributed by atoms with Crippen molar-refractivity contribution in [2.24, 2.45) is 11.7 Å². The van der Waals surface area contributed by atoms with Crippen LogP contribution >= 0.6 is 11.8 Å². The Morgan fingerprint density at radius 1 is 1.26 bits per heavy atom. The lowest BCUT2D eigenvalue weighted by atomic mass is 9.97. The summed E-state index contributed by atoms with van der Waals surface area (Å²) in [6, 6.07) is 2.53. The number of thioether (sulfide) groups is 1. The molecule has 1 aromatic rings. The van der Waals surface area contributed by atoms with Crippen molar-refractivity contribution in [2.75, 3.05) is 25.7 Å². The van der Waals surface area contributed by atoms with Crippen molar-refractivity contribution in [1.82, 2.24) is 4.98 Å². The van der Waals surface area contributed by atoms with E-state index in [9.17, 15) is 14.4 Å². The molecular weight excluding hydrogens is 320 g/mol. The van der Waals surface area contributed by atoms with Gasteiger partial charge in [-0.25, -0.2) is 0 Å². The van der Waals surface area contributed by atoms with Gasteiger partial charge in [-0.2, -0.15) is 11.8 Å². The van der Waals surface area contributed by atoms with Gasteiger partial charge in [0.15, 0.2) is 5.78 Å². The average Bonchev–Trinajstić information content (AvgIpc) is 2.59. The van der Waals surface area contributed by atoms with Gasteiger partial charge in [-0.3, -0.25) is 19.4 Å². The molecule has 0 aliphatic rings. The summed E-state index contributed by atoms with van der Waals surface area (Å²) in [5.41, 5.74) is 6.08. The third kappa shape index (κ3) is 6.37. The fourth-order valence-electron chi connectivity index (χ4n) is 1.81. The molecule has 0 aliphatic heterocycles. The Labute approximate surface area is 138 Å². The molecule has 0 fully saturated rings. The van der Waals surface area contributed by atoms with Crippen LogP contribution in [0.3, 0.4) is 0 Å². The van der Waals surface area contributed by atoms with E-state index < -0.39 is 23.9 Å². The summed E-state index contributed by atoms with van der Waals surface area (Å²) in [4.78, 5) is 39.2. The standard InChI is InChI=1S/C15H20N2O5S/c1-21-13(18)6-11(8-23-9-12(16)15(20)22-2)14(19)10-4-3-5-17-7-10/h3-5,7,11-12H,6,8-9,16H2,1-2H3/t11?,12-/m0/s1. The zero-order valence-electron chi connectivity index (χ0n) is 13.1. The summed E-state index contributed by atoms with van der Waals surface area (Å²) in [6.07, 6.45) is 2.98. The molecule has 126 valence electrons. The summed E-state index contributed by atoms with van der Waals surface area (Å²) in [7, 11) is 2.53. The fourth-order valence-corrected chi connectivity index (χ4v) is 2.89. The number of ketones is 1. The summed E-state index contributed by atoms with van der Waals surface area (Å²) in [6.45, 7) is 0. The fraction of sp³-hybridized carbons (Fsp3) is 0.467. The SMILES string of the molecule is COC(=O)CC(CSC[C@H](N)C(=O)OC)C(=O)c1cccnc1. The average molecular weight is 340 g/mol. The molecule has 0 bridgehead atoms. The zero-order valence-corrected chi connectivity index (χ0v) is 13.9. The number of carbonyl (C=O) groups excluding carboxylic acids is 3. The summed E-state index contributed by atoms with van der Waals surface area (Å²) in [5.74, 6) is -1.10. The molecule has 7 nitrogen and oxygen atoms in total. The van der Waals surface area contributed by atoms with Gasteiger partial charge in [-0.05, 0) is 12.1 Å². The number of rotatable bonds is 9. The Morgan fingerprint density at radius 3 is 2.57 bits per heavy atom. The molecule has 0 saturated carbocycles. The Kier molecular flexibility index (Phi) is 8.28. The van der Waals surface area contributed by atoms with Crippen molar-refractivity contribution < 1.29 is 23.9 Å². The predicted molar refractivity (Wildman–Crippen MR) is 86.0 cm³/mol.